The molecule has 0 radical (unpaired) electrons. The molecule has 0 aromatic carbocycles. The third-order valence-electron chi connectivity index (χ3n) is 0.456. The van der Waals surface area contributed by atoms with E-state index in [0.29, 0.717) is 12.8 Å². The van der Waals surface area contributed by atoms with Crippen LogP contribution in [0.1, 0.15) is 20.3 Å². The van der Waals surface area contributed by atoms with E-state index in [1.807, 2.05) is 6.92 Å². The van der Waals surface area contributed by atoms with Gasteiger partial charge in [0.1, 0.15) is 6.33 Å². The van der Waals surface area contributed by atoms with E-state index in [4.69, 9.17) is 11.6 Å². The van der Waals surface area contributed by atoms with Crippen molar-refractivity contribution in [2.75, 3.05) is 0 Å². The van der Waals surface area contributed by atoms with E-state index < -0.39 is 0 Å². The van der Waals surface area contributed by atoms with Crippen molar-refractivity contribution in [2.24, 2.45) is 0 Å². The molecule has 0 bridgehead atoms. The van der Waals surface area contributed by atoms with Gasteiger partial charge in [0.25, 0.3) is 0 Å². The number of allylic oxidation sites excluding steroid dienone is 2. The zero-order valence-electron chi connectivity index (χ0n) is 5.82. The molecule has 0 saturated heterocycles. The van der Waals surface area contributed by atoms with Crippen LogP contribution in [0.25, 0.3) is 0 Å². The summed E-state index contributed by atoms with van der Waals surface area (Å²) in [5.74, 6) is 0. The summed E-state index contributed by atoms with van der Waals surface area (Å²) in [6.45, 7) is 7.04. The first-order valence-electron chi connectivity index (χ1n) is 2.74. The van der Waals surface area contributed by atoms with Gasteiger partial charge in [-0.2, -0.15) is 0 Å². The maximum Gasteiger partial charge on any atom is 0.101 e. The molecule has 0 N–H and O–H groups in total. The Balaban J connectivity index is 0. The Morgan fingerprint density at radius 3 is 2.11 bits per heavy atom. The summed E-state index contributed by atoms with van der Waals surface area (Å²) in [5.41, 5.74) is 0. The molecule has 0 aliphatic heterocycles. The molecular formula is C7H12ClF. The fraction of sp³-hybridized carbons (Fsp3) is 0.429. The first-order valence-corrected chi connectivity index (χ1v) is 3.12. The number of rotatable bonds is 1. The molecule has 54 valence electrons. The third-order valence-corrected chi connectivity index (χ3v) is 0.806. The molecule has 9 heavy (non-hydrogen) atoms. The highest BCUT2D eigenvalue weighted by Gasteiger charge is 1.79. The second kappa shape index (κ2) is 10.6. The maximum atomic E-state index is 11.1. The van der Waals surface area contributed by atoms with E-state index in [9.17, 15) is 4.39 Å². The lowest BCUT2D eigenvalue weighted by atomic mass is 10.5. The molecule has 0 aromatic rings. The lowest BCUT2D eigenvalue weighted by Crippen LogP contribution is -1.57. The van der Waals surface area contributed by atoms with Crippen molar-refractivity contribution >= 4 is 11.6 Å². The molecule has 0 fully saturated rings. The van der Waals surface area contributed by atoms with Crippen molar-refractivity contribution in [3.05, 3.63) is 24.0 Å². The van der Waals surface area contributed by atoms with Crippen LogP contribution in [-0.2, 0) is 0 Å². The molecule has 0 saturated carbocycles. The van der Waals surface area contributed by atoms with Crippen LogP contribution in [0.15, 0.2) is 24.0 Å². The largest absolute Gasteiger partial charge is 0.214 e. The Morgan fingerprint density at radius 1 is 1.78 bits per heavy atom. The van der Waals surface area contributed by atoms with Crippen molar-refractivity contribution in [1.82, 2.24) is 0 Å². The van der Waals surface area contributed by atoms with Gasteiger partial charge in [0.15, 0.2) is 0 Å². The van der Waals surface area contributed by atoms with Gasteiger partial charge in [0.05, 0.1) is 0 Å². The highest BCUT2D eigenvalue weighted by molar-refractivity contribution is 6.29. The van der Waals surface area contributed by atoms with E-state index in [1.165, 1.54) is 0 Å². The van der Waals surface area contributed by atoms with Gasteiger partial charge in [-0.3, -0.25) is 0 Å². The maximum absolute atomic E-state index is 11.1. The van der Waals surface area contributed by atoms with Crippen LogP contribution in [0, 0.1) is 0 Å². The Morgan fingerprint density at radius 2 is 2.11 bits per heavy atom. The van der Waals surface area contributed by atoms with Gasteiger partial charge >= 0.3 is 0 Å². The zero-order chi connectivity index (χ0) is 7.70. The van der Waals surface area contributed by atoms with Crippen molar-refractivity contribution < 1.29 is 4.39 Å². The topological polar surface area (TPSA) is 0 Å². The number of hydrogen-bond donors (Lipinski definition) is 0. The highest BCUT2D eigenvalue weighted by Crippen LogP contribution is 2.04. The number of halogens is 2. The minimum Gasteiger partial charge on any atom is -0.214 e. The summed E-state index contributed by atoms with van der Waals surface area (Å²) < 4.78 is 11.1. The third kappa shape index (κ3) is 18.3. The molecule has 0 unspecified atom stereocenters. The Kier molecular flexibility index (Phi) is 13.6. The Labute approximate surface area is 61.0 Å². The van der Waals surface area contributed by atoms with E-state index in [1.54, 1.807) is 13.0 Å². The smallest absolute Gasteiger partial charge is 0.101 e. The monoisotopic (exact) mass is 150 g/mol. The standard InChI is InChI=1S/C4H6ClF.C3H6/c1-2-4(5)3-6;1-3-2/h3H,2H2,1H3;3H,1H2,2H3/b4-3-;. The molecule has 0 heterocycles. The summed E-state index contributed by atoms with van der Waals surface area (Å²) in [5, 5.41) is 0.273. The van der Waals surface area contributed by atoms with Gasteiger partial charge in [-0.25, -0.2) is 4.39 Å². The molecule has 0 rings (SSSR count). The second-order valence-corrected chi connectivity index (χ2v) is 1.80. The normalized spacial score (nSPS) is 9.56. The summed E-state index contributed by atoms with van der Waals surface area (Å²) >= 11 is 5.14. The first kappa shape index (κ1) is 11.5. The molecule has 0 aliphatic rings. The SMILES string of the molecule is C=CC.CC/C(Cl)=C/F. The first-order chi connectivity index (χ1) is 4.22. The highest BCUT2D eigenvalue weighted by atomic mass is 35.5. The molecule has 0 aliphatic carbocycles. The van der Waals surface area contributed by atoms with Crippen LogP contribution in [0.5, 0.6) is 0 Å². The molecule has 0 aromatic heterocycles. The summed E-state index contributed by atoms with van der Waals surface area (Å²) in [6.07, 6.45) is 2.74. The van der Waals surface area contributed by atoms with Crippen LogP contribution in [0.2, 0.25) is 0 Å². The van der Waals surface area contributed by atoms with Crippen LogP contribution in [0.4, 0.5) is 4.39 Å². The molecular weight excluding hydrogens is 139 g/mol. The van der Waals surface area contributed by atoms with Gasteiger partial charge in [-0.05, 0) is 13.3 Å². The second-order valence-electron chi connectivity index (χ2n) is 1.32. The lowest BCUT2D eigenvalue weighted by Gasteiger charge is -1.78. The molecule has 0 spiro atoms. The zero-order valence-corrected chi connectivity index (χ0v) is 6.58. The minimum absolute atomic E-state index is 0.273. The van der Waals surface area contributed by atoms with Crippen molar-refractivity contribution in [3.63, 3.8) is 0 Å². The minimum atomic E-state index is 0.273. The van der Waals surface area contributed by atoms with E-state index in [-0.39, 0.29) is 5.03 Å². The van der Waals surface area contributed by atoms with Gasteiger partial charge in [-0.1, -0.05) is 24.6 Å². The van der Waals surface area contributed by atoms with Crippen LogP contribution in [0.3, 0.4) is 0 Å². The van der Waals surface area contributed by atoms with E-state index in [0.717, 1.165) is 0 Å². The Bertz CT molecular complexity index is 86.9. The lowest BCUT2D eigenvalue weighted by molar-refractivity contribution is 0.712. The average molecular weight is 151 g/mol. The van der Waals surface area contributed by atoms with E-state index >= 15 is 0 Å². The summed E-state index contributed by atoms with van der Waals surface area (Å²) in [6, 6.07) is 0. The molecule has 0 amide bonds. The van der Waals surface area contributed by atoms with Crippen LogP contribution in [-0.4, -0.2) is 0 Å². The van der Waals surface area contributed by atoms with Crippen molar-refractivity contribution in [1.29, 1.82) is 0 Å². The van der Waals surface area contributed by atoms with Crippen molar-refractivity contribution in [3.8, 4) is 0 Å². The van der Waals surface area contributed by atoms with Gasteiger partial charge in [-0.15, -0.1) is 6.58 Å². The molecule has 0 atom stereocenters. The average Bonchev–Trinajstić information content (AvgIpc) is 1.88. The van der Waals surface area contributed by atoms with Crippen LogP contribution >= 0.6 is 11.6 Å². The molecule has 2 heteroatoms. The number of hydrogen-bond acceptors (Lipinski definition) is 0. The van der Waals surface area contributed by atoms with Crippen LogP contribution < -0.4 is 0 Å². The predicted octanol–water partition coefficient (Wildman–Crippen LogP) is 3.64. The van der Waals surface area contributed by atoms with E-state index in [2.05, 4.69) is 6.58 Å². The van der Waals surface area contributed by atoms with Gasteiger partial charge in [0.2, 0.25) is 0 Å². The fourth-order valence-electron chi connectivity index (χ4n) is 0.0772. The molecule has 0 nitrogen and oxygen atoms in total. The van der Waals surface area contributed by atoms with Crippen molar-refractivity contribution in [2.45, 2.75) is 20.3 Å². The predicted molar refractivity (Wildman–Crippen MR) is 41.2 cm³/mol. The summed E-state index contributed by atoms with van der Waals surface area (Å²) in [4.78, 5) is 0. The van der Waals surface area contributed by atoms with Gasteiger partial charge in [0, 0.05) is 5.03 Å². The Hall–Kier alpha value is -0.300. The fourth-order valence-corrected chi connectivity index (χ4v) is 0.0772. The quantitative estimate of drug-likeness (QED) is 0.501. The van der Waals surface area contributed by atoms with Gasteiger partial charge < -0.3 is 0 Å². The summed E-state index contributed by atoms with van der Waals surface area (Å²) in [7, 11) is 0.